The Kier molecular flexibility index (Phi) is 5.50. The van der Waals surface area contributed by atoms with Crippen LogP contribution >= 0.6 is 11.3 Å². The van der Waals surface area contributed by atoms with Crippen molar-refractivity contribution in [1.82, 2.24) is 14.8 Å². The quantitative estimate of drug-likeness (QED) is 0.796. The average Bonchev–Trinajstić information content (AvgIpc) is 3.38. The summed E-state index contributed by atoms with van der Waals surface area (Å²) in [6.07, 6.45) is 3.12. The first kappa shape index (κ1) is 18.5. The maximum Gasteiger partial charge on any atom is 0.273 e. The third-order valence-electron chi connectivity index (χ3n) is 5.89. The van der Waals surface area contributed by atoms with E-state index in [4.69, 9.17) is 0 Å². The number of carbonyl (C=O) groups excluding carboxylic acids is 1. The van der Waals surface area contributed by atoms with Crippen LogP contribution in [0.2, 0.25) is 0 Å². The number of piperidine rings is 1. The second-order valence-electron chi connectivity index (χ2n) is 7.50. The van der Waals surface area contributed by atoms with E-state index in [1.165, 1.54) is 11.3 Å². The van der Waals surface area contributed by atoms with Crippen molar-refractivity contribution in [3.63, 3.8) is 0 Å². The molecule has 4 rings (SSSR count). The number of thiazole rings is 1. The highest BCUT2D eigenvalue weighted by molar-refractivity contribution is 7.07. The fourth-order valence-electron chi connectivity index (χ4n) is 4.33. The van der Waals surface area contributed by atoms with Gasteiger partial charge in [-0.2, -0.15) is 0 Å². The summed E-state index contributed by atoms with van der Waals surface area (Å²) in [6.45, 7) is 3.83. The highest BCUT2D eigenvalue weighted by atomic mass is 32.1. The molecule has 1 atom stereocenters. The van der Waals surface area contributed by atoms with Crippen LogP contribution in [-0.4, -0.2) is 46.9 Å². The van der Waals surface area contributed by atoms with Crippen molar-refractivity contribution in [1.29, 1.82) is 0 Å². The molecule has 2 aliphatic heterocycles. The molecule has 2 fully saturated rings. The molecule has 2 aromatic rings. The van der Waals surface area contributed by atoms with Crippen molar-refractivity contribution in [2.24, 2.45) is 11.8 Å². The van der Waals surface area contributed by atoms with E-state index in [0.29, 0.717) is 29.6 Å². The van der Waals surface area contributed by atoms with Gasteiger partial charge < -0.3 is 4.90 Å². The van der Waals surface area contributed by atoms with Crippen LogP contribution in [-0.2, 0) is 6.54 Å². The number of amides is 1. The predicted molar refractivity (Wildman–Crippen MR) is 100 cm³/mol. The van der Waals surface area contributed by atoms with E-state index in [1.54, 1.807) is 23.0 Å². The van der Waals surface area contributed by atoms with Crippen LogP contribution in [0.5, 0.6) is 0 Å². The smallest absolute Gasteiger partial charge is 0.273 e. The van der Waals surface area contributed by atoms with Gasteiger partial charge in [-0.1, -0.05) is 12.1 Å². The Morgan fingerprint density at radius 1 is 1.15 bits per heavy atom. The molecular weight excluding hydrogens is 368 g/mol. The van der Waals surface area contributed by atoms with Crippen molar-refractivity contribution in [2.45, 2.75) is 25.8 Å². The maximum absolute atomic E-state index is 13.9. The number of rotatable bonds is 4. The molecule has 0 aliphatic carbocycles. The third kappa shape index (κ3) is 4.04. The van der Waals surface area contributed by atoms with Crippen molar-refractivity contribution < 1.29 is 13.6 Å². The van der Waals surface area contributed by atoms with E-state index in [9.17, 15) is 13.6 Å². The number of likely N-dealkylation sites (tertiary alicyclic amines) is 2. The molecule has 4 nitrogen and oxygen atoms in total. The number of nitrogens with zero attached hydrogens (tertiary/aromatic N) is 3. The Balaban J connectivity index is 1.28. The second-order valence-corrected chi connectivity index (χ2v) is 8.22. The van der Waals surface area contributed by atoms with E-state index < -0.39 is 11.6 Å². The molecule has 144 valence electrons. The van der Waals surface area contributed by atoms with Gasteiger partial charge in [0.25, 0.3) is 5.91 Å². The van der Waals surface area contributed by atoms with E-state index >= 15 is 0 Å². The molecule has 1 amide bonds. The monoisotopic (exact) mass is 391 g/mol. The number of hydrogen-bond donors (Lipinski definition) is 0. The fourth-order valence-corrected chi connectivity index (χ4v) is 4.86. The SMILES string of the molecule is O=C(c1cscn1)N1CC[C@H](C2CCN(Cc3cccc(F)c3F)CC2)C1. The molecule has 2 saturated heterocycles. The van der Waals surface area contributed by atoms with Crippen molar-refractivity contribution in [3.8, 4) is 0 Å². The Morgan fingerprint density at radius 2 is 1.93 bits per heavy atom. The largest absolute Gasteiger partial charge is 0.337 e. The molecule has 1 aromatic carbocycles. The summed E-state index contributed by atoms with van der Waals surface area (Å²) in [6, 6.07) is 4.38. The summed E-state index contributed by atoms with van der Waals surface area (Å²) in [5.41, 5.74) is 2.67. The third-order valence-corrected chi connectivity index (χ3v) is 6.47. The second kappa shape index (κ2) is 8.02. The highest BCUT2D eigenvalue weighted by Gasteiger charge is 2.34. The molecule has 7 heteroatoms. The van der Waals surface area contributed by atoms with Gasteiger partial charge in [0, 0.05) is 30.6 Å². The minimum absolute atomic E-state index is 0.0396. The number of halogens is 2. The van der Waals surface area contributed by atoms with Gasteiger partial charge in [0.05, 0.1) is 5.51 Å². The van der Waals surface area contributed by atoms with Crippen molar-refractivity contribution >= 4 is 17.2 Å². The van der Waals surface area contributed by atoms with Gasteiger partial charge in [-0.3, -0.25) is 9.69 Å². The summed E-state index contributed by atoms with van der Waals surface area (Å²) in [4.78, 5) is 20.7. The van der Waals surface area contributed by atoms with Crippen LogP contribution in [0.3, 0.4) is 0 Å². The van der Waals surface area contributed by atoms with E-state index in [0.717, 1.165) is 51.5 Å². The molecular formula is C20H23F2N3OS. The summed E-state index contributed by atoms with van der Waals surface area (Å²) < 4.78 is 27.2. The Bertz CT molecular complexity index is 791. The molecule has 0 radical (unpaired) electrons. The molecule has 0 spiro atoms. The Labute approximate surface area is 161 Å². The Hall–Kier alpha value is -1.86. The zero-order valence-corrected chi connectivity index (χ0v) is 15.9. The maximum atomic E-state index is 13.9. The van der Waals surface area contributed by atoms with Crippen LogP contribution in [0.25, 0.3) is 0 Å². The molecule has 0 N–H and O–H groups in total. The van der Waals surface area contributed by atoms with Gasteiger partial charge in [-0.25, -0.2) is 13.8 Å². The summed E-state index contributed by atoms with van der Waals surface area (Å²) >= 11 is 1.44. The van der Waals surface area contributed by atoms with Gasteiger partial charge in [-0.15, -0.1) is 11.3 Å². The van der Waals surface area contributed by atoms with Gasteiger partial charge in [0.15, 0.2) is 11.6 Å². The first-order chi connectivity index (χ1) is 13.1. The lowest BCUT2D eigenvalue weighted by Crippen LogP contribution is -2.37. The number of benzene rings is 1. The van der Waals surface area contributed by atoms with Crippen LogP contribution in [0.4, 0.5) is 8.78 Å². The minimum atomic E-state index is -0.779. The standard InChI is InChI=1S/C20H23F2N3OS/c21-17-3-1-2-16(19(17)22)10-24-7-4-14(5-8-24)15-6-9-25(11-15)20(26)18-12-27-13-23-18/h1-3,12-15H,4-11H2/t15-/m0/s1. The summed E-state index contributed by atoms with van der Waals surface area (Å²) in [7, 11) is 0. The number of hydrogen-bond acceptors (Lipinski definition) is 4. The molecule has 0 bridgehead atoms. The molecule has 27 heavy (non-hydrogen) atoms. The minimum Gasteiger partial charge on any atom is -0.337 e. The van der Waals surface area contributed by atoms with Gasteiger partial charge in [-0.05, 0) is 50.3 Å². The molecule has 0 saturated carbocycles. The van der Waals surface area contributed by atoms with Crippen molar-refractivity contribution in [2.75, 3.05) is 26.2 Å². The molecule has 1 aromatic heterocycles. The summed E-state index contributed by atoms with van der Waals surface area (Å²) in [5.74, 6) is -0.352. The highest BCUT2D eigenvalue weighted by Crippen LogP contribution is 2.33. The van der Waals surface area contributed by atoms with Gasteiger partial charge in [0.2, 0.25) is 0 Å². The van der Waals surface area contributed by atoms with Crippen LogP contribution < -0.4 is 0 Å². The molecule has 3 heterocycles. The number of carbonyl (C=O) groups is 1. The van der Waals surface area contributed by atoms with E-state index in [-0.39, 0.29) is 5.91 Å². The zero-order chi connectivity index (χ0) is 18.8. The first-order valence-electron chi connectivity index (χ1n) is 9.44. The normalized spacial score (nSPS) is 21.7. The van der Waals surface area contributed by atoms with E-state index in [1.807, 2.05) is 4.90 Å². The average molecular weight is 391 g/mol. The fraction of sp³-hybridized carbons (Fsp3) is 0.500. The summed E-state index contributed by atoms with van der Waals surface area (Å²) in [5, 5.41) is 1.81. The van der Waals surface area contributed by atoms with Crippen LogP contribution in [0.1, 0.15) is 35.3 Å². The number of aromatic nitrogens is 1. The topological polar surface area (TPSA) is 36.4 Å². The Morgan fingerprint density at radius 3 is 2.67 bits per heavy atom. The molecule has 2 aliphatic rings. The zero-order valence-electron chi connectivity index (χ0n) is 15.1. The lowest BCUT2D eigenvalue weighted by Gasteiger charge is -2.34. The van der Waals surface area contributed by atoms with Crippen LogP contribution in [0, 0.1) is 23.5 Å². The van der Waals surface area contributed by atoms with Crippen molar-refractivity contribution in [3.05, 3.63) is 52.0 Å². The molecule has 0 unspecified atom stereocenters. The van der Waals surface area contributed by atoms with Crippen LogP contribution in [0.15, 0.2) is 29.1 Å². The lowest BCUT2D eigenvalue weighted by atomic mass is 9.83. The van der Waals surface area contributed by atoms with E-state index in [2.05, 4.69) is 9.88 Å². The predicted octanol–water partition coefficient (Wildman–Crippen LogP) is 3.80. The lowest BCUT2D eigenvalue weighted by molar-refractivity contribution is 0.0768. The first-order valence-corrected chi connectivity index (χ1v) is 10.4. The van der Waals surface area contributed by atoms with Gasteiger partial charge >= 0.3 is 0 Å². The van der Waals surface area contributed by atoms with Gasteiger partial charge in [0.1, 0.15) is 5.69 Å².